The number of hydrogen-bond donors (Lipinski definition) is 2. The van der Waals surface area contributed by atoms with Gasteiger partial charge in [0.2, 0.25) is 0 Å². The molecule has 1 rings (SSSR count). The van der Waals surface area contributed by atoms with Crippen molar-refractivity contribution in [1.82, 2.24) is 14.7 Å². The van der Waals surface area contributed by atoms with Crippen LogP contribution in [-0.4, -0.2) is 38.6 Å². The van der Waals surface area contributed by atoms with Crippen molar-refractivity contribution in [2.75, 3.05) is 20.3 Å². The maximum absolute atomic E-state index is 12.0. The Hall–Kier alpha value is -0.920. The highest BCUT2D eigenvalue weighted by molar-refractivity contribution is 7.89. The lowest BCUT2D eigenvalue weighted by Crippen LogP contribution is -2.34. The lowest BCUT2D eigenvalue weighted by atomic mass is 9.90. The number of rotatable bonds is 7. The first kappa shape index (κ1) is 15.1. The van der Waals surface area contributed by atoms with Crippen molar-refractivity contribution >= 4 is 10.0 Å². The fourth-order valence-electron chi connectivity index (χ4n) is 1.37. The molecule has 1 heterocycles. The zero-order valence-electron chi connectivity index (χ0n) is 11.3. The van der Waals surface area contributed by atoms with Crippen LogP contribution in [0.15, 0.2) is 11.2 Å². The monoisotopic (exact) mass is 275 g/mol. The number of H-pyrrole nitrogens is 1. The van der Waals surface area contributed by atoms with Gasteiger partial charge >= 0.3 is 0 Å². The molecule has 0 aliphatic carbocycles. The van der Waals surface area contributed by atoms with E-state index in [9.17, 15) is 8.42 Å². The normalized spacial score (nSPS) is 12.9. The molecule has 0 aliphatic rings. The minimum absolute atomic E-state index is 0.0996. The van der Waals surface area contributed by atoms with Gasteiger partial charge in [-0.15, -0.1) is 0 Å². The second-order valence-electron chi connectivity index (χ2n) is 5.06. The van der Waals surface area contributed by atoms with Gasteiger partial charge in [-0.25, -0.2) is 18.1 Å². The molecule has 0 aliphatic heterocycles. The number of ether oxygens (including phenoxy) is 1. The molecule has 7 heteroatoms. The summed E-state index contributed by atoms with van der Waals surface area (Å²) in [6.07, 6.45) is 2.11. The van der Waals surface area contributed by atoms with E-state index in [0.29, 0.717) is 19.0 Å². The average Bonchev–Trinajstić information content (AvgIpc) is 2.72. The van der Waals surface area contributed by atoms with E-state index in [1.54, 1.807) is 14.0 Å². The quantitative estimate of drug-likeness (QED) is 0.779. The summed E-state index contributed by atoms with van der Waals surface area (Å²) in [4.78, 5) is 6.59. The maximum atomic E-state index is 12.0. The first-order chi connectivity index (χ1) is 8.27. The predicted octanol–water partition coefficient (Wildman–Crippen LogP) is 1.06. The van der Waals surface area contributed by atoms with Crippen LogP contribution in [0.25, 0.3) is 0 Å². The van der Waals surface area contributed by atoms with Gasteiger partial charge in [0.1, 0.15) is 5.82 Å². The summed E-state index contributed by atoms with van der Waals surface area (Å²) in [5, 5.41) is 0.0996. The maximum Gasteiger partial charge on any atom is 0.257 e. The molecular formula is C11H21N3O3S. The molecule has 0 radical (unpaired) electrons. The van der Waals surface area contributed by atoms with E-state index in [4.69, 9.17) is 4.74 Å². The molecule has 0 atom stereocenters. The fraction of sp³-hybridized carbons (Fsp3) is 0.727. The third-order valence-electron chi connectivity index (χ3n) is 2.69. The molecule has 1 aromatic heterocycles. The van der Waals surface area contributed by atoms with Crippen molar-refractivity contribution in [1.29, 1.82) is 0 Å². The van der Waals surface area contributed by atoms with Crippen molar-refractivity contribution in [3.63, 3.8) is 0 Å². The molecule has 0 spiro atoms. The Morgan fingerprint density at radius 3 is 2.67 bits per heavy atom. The average molecular weight is 275 g/mol. The van der Waals surface area contributed by atoms with E-state index >= 15 is 0 Å². The number of nitrogens with one attached hydrogen (secondary N) is 2. The van der Waals surface area contributed by atoms with Crippen LogP contribution < -0.4 is 4.72 Å². The predicted molar refractivity (Wildman–Crippen MR) is 68.8 cm³/mol. The van der Waals surface area contributed by atoms with Gasteiger partial charge in [0.15, 0.2) is 5.03 Å². The van der Waals surface area contributed by atoms with E-state index < -0.39 is 10.0 Å². The number of aromatic nitrogens is 2. The SMILES string of the molecule is COCCC(C)(C)CNS(=O)(=O)c1cnc(C)[nH]1. The van der Waals surface area contributed by atoms with Gasteiger partial charge in [-0.2, -0.15) is 0 Å². The molecule has 0 saturated carbocycles. The van der Waals surface area contributed by atoms with Crippen molar-refractivity contribution in [2.45, 2.75) is 32.2 Å². The summed E-state index contributed by atoms with van der Waals surface area (Å²) in [6.45, 7) is 6.66. The van der Waals surface area contributed by atoms with Crippen molar-refractivity contribution in [3.8, 4) is 0 Å². The highest BCUT2D eigenvalue weighted by Crippen LogP contribution is 2.19. The highest BCUT2D eigenvalue weighted by Gasteiger charge is 2.23. The smallest absolute Gasteiger partial charge is 0.257 e. The number of aromatic amines is 1. The minimum Gasteiger partial charge on any atom is -0.385 e. The third-order valence-corrected chi connectivity index (χ3v) is 4.00. The van der Waals surface area contributed by atoms with Crippen LogP contribution in [0.2, 0.25) is 0 Å². The summed E-state index contributed by atoms with van der Waals surface area (Å²) in [6, 6.07) is 0. The number of aryl methyl sites for hydroxylation is 1. The Kier molecular flexibility index (Phi) is 4.89. The molecule has 0 amide bonds. The molecule has 6 nitrogen and oxygen atoms in total. The van der Waals surface area contributed by atoms with Crippen molar-refractivity contribution < 1.29 is 13.2 Å². The second kappa shape index (κ2) is 5.81. The van der Waals surface area contributed by atoms with Crippen LogP contribution in [0.4, 0.5) is 0 Å². The lowest BCUT2D eigenvalue weighted by molar-refractivity contribution is 0.153. The van der Waals surface area contributed by atoms with E-state index in [1.165, 1.54) is 6.20 Å². The summed E-state index contributed by atoms with van der Waals surface area (Å²) in [5.74, 6) is 0.578. The second-order valence-corrected chi connectivity index (χ2v) is 6.80. The zero-order valence-corrected chi connectivity index (χ0v) is 12.1. The van der Waals surface area contributed by atoms with Crippen LogP contribution in [0, 0.1) is 12.3 Å². The van der Waals surface area contributed by atoms with Gasteiger partial charge in [0, 0.05) is 20.3 Å². The number of sulfonamides is 1. The van der Waals surface area contributed by atoms with Gasteiger partial charge in [0.25, 0.3) is 10.0 Å². The van der Waals surface area contributed by atoms with Gasteiger partial charge in [-0.05, 0) is 18.8 Å². The Bertz CT molecular complexity index is 479. The van der Waals surface area contributed by atoms with Crippen molar-refractivity contribution in [3.05, 3.63) is 12.0 Å². The summed E-state index contributed by atoms with van der Waals surface area (Å²) in [7, 11) is -1.87. The highest BCUT2D eigenvalue weighted by atomic mass is 32.2. The summed E-state index contributed by atoms with van der Waals surface area (Å²) < 4.78 is 31.5. The third kappa shape index (κ3) is 4.40. The first-order valence-corrected chi connectivity index (χ1v) is 7.25. The number of hydrogen-bond acceptors (Lipinski definition) is 4. The van der Waals surface area contributed by atoms with Crippen LogP contribution in [0.1, 0.15) is 26.1 Å². The van der Waals surface area contributed by atoms with Gasteiger partial charge in [-0.3, -0.25) is 0 Å². The van der Waals surface area contributed by atoms with E-state index in [-0.39, 0.29) is 10.4 Å². The number of nitrogens with zero attached hydrogens (tertiary/aromatic N) is 1. The topological polar surface area (TPSA) is 84.1 Å². The van der Waals surface area contributed by atoms with E-state index in [1.807, 2.05) is 13.8 Å². The number of imidazole rings is 1. The van der Waals surface area contributed by atoms with Crippen LogP contribution in [0.3, 0.4) is 0 Å². The molecular weight excluding hydrogens is 254 g/mol. The zero-order chi connectivity index (χ0) is 13.8. The molecule has 0 aromatic carbocycles. The van der Waals surface area contributed by atoms with Gasteiger partial charge in [-0.1, -0.05) is 13.8 Å². The fourth-order valence-corrected chi connectivity index (χ4v) is 2.58. The molecule has 0 unspecified atom stereocenters. The van der Waals surface area contributed by atoms with Gasteiger partial charge < -0.3 is 9.72 Å². The van der Waals surface area contributed by atoms with E-state index in [0.717, 1.165) is 6.42 Å². The Morgan fingerprint density at radius 2 is 2.17 bits per heavy atom. The molecule has 18 heavy (non-hydrogen) atoms. The van der Waals surface area contributed by atoms with Crippen LogP contribution in [-0.2, 0) is 14.8 Å². The standard InChI is InChI=1S/C11H21N3O3S/c1-9-12-7-10(14-9)18(15,16)13-8-11(2,3)5-6-17-4/h7,13H,5-6,8H2,1-4H3,(H,12,14). The molecule has 1 aromatic rings. The molecule has 0 bridgehead atoms. The summed E-state index contributed by atoms with van der Waals surface area (Å²) in [5.41, 5.74) is -0.155. The van der Waals surface area contributed by atoms with Gasteiger partial charge in [0.05, 0.1) is 6.20 Å². The Labute approximate surface area is 108 Å². The van der Waals surface area contributed by atoms with Crippen LogP contribution in [0.5, 0.6) is 0 Å². The Morgan fingerprint density at radius 1 is 1.50 bits per heavy atom. The number of methoxy groups -OCH3 is 1. The van der Waals surface area contributed by atoms with Crippen molar-refractivity contribution in [2.24, 2.45) is 5.41 Å². The largest absolute Gasteiger partial charge is 0.385 e. The molecule has 0 saturated heterocycles. The molecule has 0 fully saturated rings. The lowest BCUT2D eigenvalue weighted by Gasteiger charge is -2.24. The molecule has 2 N–H and O–H groups in total. The Balaban J connectivity index is 2.62. The summed E-state index contributed by atoms with van der Waals surface area (Å²) >= 11 is 0. The molecule has 104 valence electrons. The first-order valence-electron chi connectivity index (χ1n) is 5.77. The van der Waals surface area contributed by atoms with Crippen LogP contribution >= 0.6 is 0 Å². The minimum atomic E-state index is -3.51. The van der Waals surface area contributed by atoms with E-state index in [2.05, 4.69) is 14.7 Å².